The molecule has 108 valence electrons. The highest BCUT2D eigenvalue weighted by atomic mass is 35.5. The van der Waals surface area contributed by atoms with Gasteiger partial charge in [0, 0.05) is 12.1 Å². The van der Waals surface area contributed by atoms with Crippen molar-refractivity contribution in [3.05, 3.63) is 42.1 Å². The summed E-state index contributed by atoms with van der Waals surface area (Å²) in [7, 11) is 1.89. The summed E-state index contributed by atoms with van der Waals surface area (Å²) in [6.07, 6.45) is 0.905. The zero-order valence-electron chi connectivity index (χ0n) is 11.3. The summed E-state index contributed by atoms with van der Waals surface area (Å²) in [5, 5.41) is 12.8. The number of benzene rings is 1. The maximum absolute atomic E-state index is 11.8. The van der Waals surface area contributed by atoms with Gasteiger partial charge < -0.3 is 10.6 Å². The van der Waals surface area contributed by atoms with Crippen LogP contribution in [0.2, 0.25) is 0 Å². The molecule has 0 bridgehead atoms. The van der Waals surface area contributed by atoms with Gasteiger partial charge in [-0.05, 0) is 26.1 Å². The molecule has 3 N–H and O–H groups in total. The second-order valence-corrected chi connectivity index (χ2v) is 4.25. The molecule has 1 aromatic carbocycles. The third-order valence-electron chi connectivity index (χ3n) is 2.78. The van der Waals surface area contributed by atoms with E-state index in [1.54, 1.807) is 6.07 Å². The average molecular weight is 295 g/mol. The van der Waals surface area contributed by atoms with Crippen LogP contribution in [-0.2, 0) is 0 Å². The highest BCUT2D eigenvalue weighted by Gasteiger charge is 2.09. The van der Waals surface area contributed by atoms with Crippen molar-refractivity contribution < 1.29 is 4.79 Å². The summed E-state index contributed by atoms with van der Waals surface area (Å²) in [5.41, 5.74) is 2.26. The number of nitrogens with zero attached hydrogens (tertiary/aromatic N) is 1. The fourth-order valence-corrected chi connectivity index (χ4v) is 1.76. The van der Waals surface area contributed by atoms with Crippen LogP contribution in [0.15, 0.2) is 36.4 Å². The molecule has 0 atom stereocenters. The van der Waals surface area contributed by atoms with Crippen molar-refractivity contribution in [3.8, 4) is 11.3 Å². The highest BCUT2D eigenvalue weighted by molar-refractivity contribution is 5.93. The number of nitrogens with one attached hydrogen (secondary N) is 3. The number of halogens is 1. The molecule has 0 aliphatic heterocycles. The van der Waals surface area contributed by atoms with Gasteiger partial charge >= 0.3 is 0 Å². The van der Waals surface area contributed by atoms with E-state index in [9.17, 15) is 4.79 Å². The Bertz CT molecular complexity index is 527. The molecule has 6 heteroatoms. The Morgan fingerprint density at radius 1 is 1.25 bits per heavy atom. The second-order valence-electron chi connectivity index (χ2n) is 4.25. The number of aromatic nitrogens is 2. The van der Waals surface area contributed by atoms with Crippen molar-refractivity contribution in [2.45, 2.75) is 6.42 Å². The van der Waals surface area contributed by atoms with Crippen molar-refractivity contribution in [2.75, 3.05) is 20.1 Å². The molecule has 0 unspecified atom stereocenters. The SMILES string of the molecule is CNCCCNC(=O)c1cc(-c2ccccc2)n[nH]1.Cl. The summed E-state index contributed by atoms with van der Waals surface area (Å²) in [6.45, 7) is 1.54. The van der Waals surface area contributed by atoms with Gasteiger partial charge in [-0.2, -0.15) is 5.10 Å². The largest absolute Gasteiger partial charge is 0.351 e. The van der Waals surface area contributed by atoms with Crippen LogP contribution in [-0.4, -0.2) is 36.2 Å². The van der Waals surface area contributed by atoms with Crippen LogP contribution >= 0.6 is 12.4 Å². The molecule has 5 nitrogen and oxygen atoms in total. The Balaban J connectivity index is 0.00000200. The van der Waals surface area contributed by atoms with E-state index >= 15 is 0 Å². The summed E-state index contributed by atoms with van der Waals surface area (Å²) in [6, 6.07) is 11.5. The lowest BCUT2D eigenvalue weighted by Gasteiger charge is -2.02. The first-order valence-corrected chi connectivity index (χ1v) is 6.35. The molecule has 2 rings (SSSR count). The van der Waals surface area contributed by atoms with E-state index in [1.165, 1.54) is 0 Å². The predicted molar refractivity (Wildman–Crippen MR) is 82.1 cm³/mol. The lowest BCUT2D eigenvalue weighted by Crippen LogP contribution is -2.26. The van der Waals surface area contributed by atoms with Gasteiger partial charge in [-0.3, -0.25) is 9.89 Å². The number of hydrogen-bond acceptors (Lipinski definition) is 3. The number of rotatable bonds is 6. The molecule has 1 amide bonds. The third kappa shape index (κ3) is 4.36. The Kier molecular flexibility index (Phi) is 6.76. The van der Waals surface area contributed by atoms with Gasteiger partial charge in [-0.15, -0.1) is 12.4 Å². The molecule has 0 aliphatic rings. The zero-order valence-corrected chi connectivity index (χ0v) is 12.2. The predicted octanol–water partition coefficient (Wildman–Crippen LogP) is 1.84. The molecule has 1 aromatic heterocycles. The van der Waals surface area contributed by atoms with Crippen molar-refractivity contribution in [3.63, 3.8) is 0 Å². The van der Waals surface area contributed by atoms with E-state index in [0.717, 1.165) is 24.2 Å². The lowest BCUT2D eigenvalue weighted by molar-refractivity contribution is 0.0948. The second kappa shape index (κ2) is 8.35. The number of hydrogen-bond donors (Lipinski definition) is 3. The molecular formula is C14H19ClN4O. The molecule has 0 fully saturated rings. The highest BCUT2D eigenvalue weighted by Crippen LogP contribution is 2.16. The first kappa shape index (κ1) is 16.2. The van der Waals surface area contributed by atoms with Crippen LogP contribution in [0, 0.1) is 0 Å². The van der Waals surface area contributed by atoms with Crippen molar-refractivity contribution >= 4 is 18.3 Å². The summed E-state index contributed by atoms with van der Waals surface area (Å²) < 4.78 is 0. The monoisotopic (exact) mass is 294 g/mol. The number of carbonyl (C=O) groups is 1. The van der Waals surface area contributed by atoms with Crippen LogP contribution in [0.5, 0.6) is 0 Å². The number of carbonyl (C=O) groups excluding carboxylic acids is 1. The maximum atomic E-state index is 11.8. The number of H-pyrrole nitrogens is 1. The van der Waals surface area contributed by atoms with Gasteiger partial charge in [-0.25, -0.2) is 0 Å². The smallest absolute Gasteiger partial charge is 0.269 e. The van der Waals surface area contributed by atoms with Crippen LogP contribution in [0.4, 0.5) is 0 Å². The lowest BCUT2D eigenvalue weighted by atomic mass is 10.1. The topological polar surface area (TPSA) is 69.8 Å². The van der Waals surface area contributed by atoms with E-state index in [-0.39, 0.29) is 18.3 Å². The summed E-state index contributed by atoms with van der Waals surface area (Å²) in [5.74, 6) is -0.120. The van der Waals surface area contributed by atoms with Gasteiger partial charge in [0.1, 0.15) is 5.69 Å². The van der Waals surface area contributed by atoms with Crippen molar-refractivity contribution in [1.29, 1.82) is 0 Å². The first-order chi connectivity index (χ1) is 9.31. The molecule has 20 heavy (non-hydrogen) atoms. The van der Waals surface area contributed by atoms with Gasteiger partial charge in [0.2, 0.25) is 0 Å². The molecule has 0 spiro atoms. The van der Waals surface area contributed by atoms with Crippen LogP contribution in [0.3, 0.4) is 0 Å². The molecule has 0 saturated heterocycles. The fourth-order valence-electron chi connectivity index (χ4n) is 1.76. The molecule has 1 heterocycles. The molecule has 0 saturated carbocycles. The molecule has 2 aromatic rings. The first-order valence-electron chi connectivity index (χ1n) is 6.35. The van der Waals surface area contributed by atoms with Crippen molar-refractivity contribution in [2.24, 2.45) is 0 Å². The minimum atomic E-state index is -0.120. The Morgan fingerprint density at radius 2 is 2.00 bits per heavy atom. The standard InChI is InChI=1S/C14H18N4O.ClH/c1-15-8-5-9-16-14(19)13-10-12(17-18-13)11-6-3-2-4-7-11;/h2-4,6-7,10,15H,5,8-9H2,1H3,(H,16,19)(H,17,18);1H. The Hall–Kier alpha value is -1.85. The normalized spacial score (nSPS) is 9.85. The van der Waals surface area contributed by atoms with Crippen LogP contribution in [0.1, 0.15) is 16.9 Å². The van der Waals surface area contributed by atoms with Crippen molar-refractivity contribution in [1.82, 2.24) is 20.8 Å². The zero-order chi connectivity index (χ0) is 13.5. The molecular weight excluding hydrogens is 276 g/mol. The Labute approximate surface area is 124 Å². The summed E-state index contributed by atoms with van der Waals surface area (Å²) in [4.78, 5) is 11.8. The van der Waals surface area contributed by atoms with Crippen LogP contribution < -0.4 is 10.6 Å². The van der Waals surface area contributed by atoms with E-state index in [0.29, 0.717) is 12.2 Å². The van der Waals surface area contributed by atoms with Gasteiger partial charge in [0.05, 0.1) is 5.69 Å². The van der Waals surface area contributed by atoms with Gasteiger partial charge in [-0.1, -0.05) is 30.3 Å². The fraction of sp³-hybridized carbons (Fsp3) is 0.286. The number of amides is 1. The van der Waals surface area contributed by atoms with E-state index < -0.39 is 0 Å². The Morgan fingerprint density at radius 3 is 2.70 bits per heavy atom. The van der Waals surface area contributed by atoms with Gasteiger partial charge in [0.25, 0.3) is 5.91 Å². The van der Waals surface area contributed by atoms with E-state index in [1.807, 2.05) is 37.4 Å². The van der Waals surface area contributed by atoms with Gasteiger partial charge in [0.15, 0.2) is 0 Å². The van der Waals surface area contributed by atoms with E-state index in [4.69, 9.17) is 0 Å². The quantitative estimate of drug-likeness (QED) is 0.712. The minimum absolute atomic E-state index is 0. The maximum Gasteiger partial charge on any atom is 0.269 e. The average Bonchev–Trinajstić information content (AvgIpc) is 2.94. The minimum Gasteiger partial charge on any atom is -0.351 e. The molecule has 0 radical (unpaired) electrons. The third-order valence-corrected chi connectivity index (χ3v) is 2.78. The summed E-state index contributed by atoms with van der Waals surface area (Å²) >= 11 is 0. The van der Waals surface area contributed by atoms with E-state index in [2.05, 4.69) is 20.8 Å². The van der Waals surface area contributed by atoms with Crippen LogP contribution in [0.25, 0.3) is 11.3 Å². The number of aromatic amines is 1. The molecule has 0 aliphatic carbocycles.